The number of nitrogens with one attached hydrogen (secondary N) is 2. The minimum atomic E-state index is -0.613. The summed E-state index contributed by atoms with van der Waals surface area (Å²) in [6, 6.07) is 8.22. The van der Waals surface area contributed by atoms with Crippen molar-refractivity contribution in [3.63, 3.8) is 0 Å². The number of hydrogen-bond acceptors (Lipinski definition) is 8. The summed E-state index contributed by atoms with van der Waals surface area (Å²) in [5.74, 6) is 0.994. The number of benzene rings is 1. The molecule has 0 bridgehead atoms. The van der Waals surface area contributed by atoms with Crippen LogP contribution < -0.4 is 20.3 Å². The van der Waals surface area contributed by atoms with Crippen LogP contribution in [-0.4, -0.2) is 72.8 Å². The van der Waals surface area contributed by atoms with Gasteiger partial charge in [0.25, 0.3) is 0 Å². The lowest BCUT2D eigenvalue weighted by Crippen LogP contribution is -2.52. The van der Waals surface area contributed by atoms with Crippen LogP contribution in [0.15, 0.2) is 54.0 Å². The predicted octanol–water partition coefficient (Wildman–Crippen LogP) is 1.87. The normalized spacial score (nSPS) is 18.8. The highest BCUT2D eigenvalue weighted by Gasteiger charge is 2.34. The molecule has 2 aromatic rings. The summed E-state index contributed by atoms with van der Waals surface area (Å²) in [4.78, 5) is 38.5. The zero-order valence-corrected chi connectivity index (χ0v) is 19.5. The van der Waals surface area contributed by atoms with Crippen molar-refractivity contribution in [3.05, 3.63) is 59.6 Å². The van der Waals surface area contributed by atoms with Crippen molar-refractivity contribution >= 4 is 17.9 Å². The molecule has 0 spiro atoms. The van der Waals surface area contributed by atoms with Gasteiger partial charge in [0, 0.05) is 50.8 Å². The number of aromatic nitrogens is 2. The second-order valence-electron chi connectivity index (χ2n) is 7.96. The number of anilines is 1. The molecule has 1 aromatic carbocycles. The fourth-order valence-electron chi connectivity index (χ4n) is 4.15. The van der Waals surface area contributed by atoms with Crippen LogP contribution in [0.2, 0.25) is 0 Å². The fraction of sp³-hybridized carbons (Fsp3) is 0.417. The molecule has 34 heavy (non-hydrogen) atoms. The minimum absolute atomic E-state index is 0.245. The summed E-state index contributed by atoms with van der Waals surface area (Å²) < 4.78 is 10.9. The molecule has 1 fully saturated rings. The number of piperazine rings is 1. The van der Waals surface area contributed by atoms with Crippen molar-refractivity contribution < 1.29 is 19.1 Å². The van der Waals surface area contributed by atoms with Gasteiger partial charge in [-0.15, -0.1) is 0 Å². The van der Waals surface area contributed by atoms with E-state index in [0.717, 1.165) is 37.5 Å². The van der Waals surface area contributed by atoms with E-state index in [1.165, 1.54) is 0 Å². The molecule has 10 nitrogen and oxygen atoms in total. The van der Waals surface area contributed by atoms with Gasteiger partial charge >= 0.3 is 12.0 Å². The van der Waals surface area contributed by atoms with Gasteiger partial charge in [0.05, 0.1) is 24.8 Å². The maximum atomic E-state index is 13.0. The summed E-state index contributed by atoms with van der Waals surface area (Å²) in [5.41, 5.74) is 1.76. The Morgan fingerprint density at radius 1 is 1.06 bits per heavy atom. The molecule has 10 heteroatoms. The third-order valence-electron chi connectivity index (χ3n) is 5.76. The van der Waals surface area contributed by atoms with E-state index >= 15 is 0 Å². The molecule has 3 heterocycles. The van der Waals surface area contributed by atoms with Crippen molar-refractivity contribution in [1.29, 1.82) is 0 Å². The molecular formula is C24H30N6O4. The zero-order valence-electron chi connectivity index (χ0n) is 19.5. The summed E-state index contributed by atoms with van der Waals surface area (Å²) in [7, 11) is 0. The van der Waals surface area contributed by atoms with Crippen molar-refractivity contribution in [2.45, 2.75) is 19.9 Å². The monoisotopic (exact) mass is 466 g/mol. The van der Waals surface area contributed by atoms with E-state index in [1.807, 2.05) is 31.2 Å². The molecule has 2 aliphatic heterocycles. The van der Waals surface area contributed by atoms with Crippen molar-refractivity contribution in [1.82, 2.24) is 25.5 Å². The minimum Gasteiger partial charge on any atom is -0.494 e. The van der Waals surface area contributed by atoms with Gasteiger partial charge in [-0.1, -0.05) is 12.1 Å². The van der Waals surface area contributed by atoms with Crippen molar-refractivity contribution in [3.8, 4) is 5.75 Å². The predicted molar refractivity (Wildman–Crippen MR) is 126 cm³/mol. The molecule has 1 saturated heterocycles. The molecule has 2 aliphatic rings. The van der Waals surface area contributed by atoms with E-state index < -0.39 is 12.0 Å². The Kier molecular flexibility index (Phi) is 7.58. The lowest BCUT2D eigenvalue weighted by Gasteiger charge is -2.37. The summed E-state index contributed by atoms with van der Waals surface area (Å²) in [6.07, 6.45) is 3.47. The van der Waals surface area contributed by atoms with E-state index in [1.54, 1.807) is 25.4 Å². The number of amides is 2. The first-order valence-electron chi connectivity index (χ1n) is 11.5. The SMILES string of the molecule is CCOC(=O)C1=C(CN2CCN(c3ncccn3)CC2)NC(=O)NC1c1ccc(OCC)cc1. The van der Waals surface area contributed by atoms with Gasteiger partial charge in [0.1, 0.15) is 5.75 Å². The molecule has 2 amide bonds. The van der Waals surface area contributed by atoms with Crippen LogP contribution in [0, 0.1) is 0 Å². The maximum Gasteiger partial charge on any atom is 0.338 e. The summed E-state index contributed by atoms with van der Waals surface area (Å²) in [5, 5.41) is 5.73. The molecule has 0 radical (unpaired) electrons. The molecule has 1 aromatic heterocycles. The number of nitrogens with zero attached hydrogens (tertiary/aromatic N) is 4. The zero-order chi connectivity index (χ0) is 23.9. The molecule has 180 valence electrons. The van der Waals surface area contributed by atoms with Crippen molar-refractivity contribution in [2.75, 3.05) is 50.8 Å². The molecule has 4 rings (SSSR count). The third kappa shape index (κ3) is 5.45. The molecular weight excluding hydrogens is 436 g/mol. The number of carbonyl (C=O) groups is 2. The highest BCUT2D eigenvalue weighted by atomic mass is 16.5. The second-order valence-corrected chi connectivity index (χ2v) is 7.96. The molecule has 0 aliphatic carbocycles. The largest absolute Gasteiger partial charge is 0.494 e. The van der Waals surface area contributed by atoms with Crippen LogP contribution >= 0.6 is 0 Å². The highest BCUT2D eigenvalue weighted by Crippen LogP contribution is 2.29. The van der Waals surface area contributed by atoms with Gasteiger partial charge in [0.2, 0.25) is 5.95 Å². The molecule has 0 saturated carbocycles. The van der Waals surface area contributed by atoms with Crippen molar-refractivity contribution in [2.24, 2.45) is 0 Å². The second kappa shape index (κ2) is 11.0. The van der Waals surface area contributed by atoms with Crippen LogP contribution in [-0.2, 0) is 9.53 Å². The van der Waals surface area contributed by atoms with E-state index in [2.05, 4.69) is 30.4 Å². The van der Waals surface area contributed by atoms with Gasteiger partial charge in [-0.05, 0) is 37.6 Å². The van der Waals surface area contributed by atoms with Gasteiger partial charge < -0.3 is 25.0 Å². The third-order valence-corrected chi connectivity index (χ3v) is 5.76. The van der Waals surface area contributed by atoms with Crippen LogP contribution in [0.4, 0.5) is 10.7 Å². The quantitative estimate of drug-likeness (QED) is 0.568. The summed E-state index contributed by atoms with van der Waals surface area (Å²) >= 11 is 0. The fourth-order valence-corrected chi connectivity index (χ4v) is 4.15. The van der Waals surface area contributed by atoms with E-state index in [-0.39, 0.29) is 12.6 Å². The molecule has 1 unspecified atom stereocenters. The lowest BCUT2D eigenvalue weighted by atomic mass is 9.94. The Hall–Kier alpha value is -3.66. The molecule has 1 atom stereocenters. The Morgan fingerprint density at radius 3 is 2.41 bits per heavy atom. The van der Waals surface area contributed by atoms with Gasteiger partial charge in [-0.2, -0.15) is 0 Å². The van der Waals surface area contributed by atoms with E-state index in [9.17, 15) is 9.59 Å². The number of carbonyl (C=O) groups excluding carboxylic acids is 2. The Balaban J connectivity index is 1.55. The Morgan fingerprint density at radius 2 is 1.76 bits per heavy atom. The van der Waals surface area contributed by atoms with E-state index in [4.69, 9.17) is 9.47 Å². The number of ether oxygens (including phenoxy) is 2. The highest BCUT2D eigenvalue weighted by molar-refractivity contribution is 5.95. The standard InChI is InChI=1S/C24H30N6O4/c1-3-33-18-8-6-17(7-9-18)21-20(22(31)34-4-2)19(27-24(32)28-21)16-29-12-14-30(15-13-29)23-25-10-5-11-26-23/h5-11,21H,3-4,12-16H2,1-2H3,(H2,27,28,32). The Labute approximate surface area is 199 Å². The number of rotatable bonds is 8. The van der Waals surface area contributed by atoms with Crippen LogP contribution in [0.1, 0.15) is 25.5 Å². The maximum absolute atomic E-state index is 13.0. The lowest BCUT2D eigenvalue weighted by molar-refractivity contribution is -0.139. The average molecular weight is 467 g/mol. The van der Waals surface area contributed by atoms with Gasteiger partial charge in [0.15, 0.2) is 0 Å². The summed E-state index contributed by atoms with van der Waals surface area (Å²) in [6.45, 7) is 7.91. The average Bonchev–Trinajstić information content (AvgIpc) is 2.85. The Bertz CT molecular complexity index is 1020. The number of urea groups is 1. The van der Waals surface area contributed by atoms with Gasteiger partial charge in [-0.3, -0.25) is 4.90 Å². The smallest absolute Gasteiger partial charge is 0.338 e. The number of esters is 1. The molecule has 2 N–H and O–H groups in total. The van der Waals surface area contributed by atoms with Crippen LogP contribution in [0.3, 0.4) is 0 Å². The topological polar surface area (TPSA) is 109 Å². The first kappa shape index (κ1) is 23.5. The van der Waals surface area contributed by atoms with Gasteiger partial charge in [-0.25, -0.2) is 19.6 Å². The van der Waals surface area contributed by atoms with Crippen LogP contribution in [0.5, 0.6) is 5.75 Å². The van der Waals surface area contributed by atoms with E-state index in [0.29, 0.717) is 30.4 Å². The number of hydrogen-bond donors (Lipinski definition) is 2. The first-order valence-corrected chi connectivity index (χ1v) is 11.5. The van der Waals surface area contributed by atoms with Crippen LogP contribution in [0.25, 0.3) is 0 Å². The first-order chi connectivity index (χ1) is 16.6.